The second kappa shape index (κ2) is 4.00. The largest absolute Gasteiger partial charge is 0.479 e. The van der Waals surface area contributed by atoms with Gasteiger partial charge < -0.3 is 25.5 Å². The van der Waals surface area contributed by atoms with Crippen LogP contribution in [0.15, 0.2) is 0 Å². The van der Waals surface area contributed by atoms with Gasteiger partial charge in [-0.05, 0) is 0 Å². The van der Waals surface area contributed by atoms with Crippen molar-refractivity contribution in [1.82, 2.24) is 0 Å². The molecule has 0 aromatic carbocycles. The first kappa shape index (κ1) is 10.8. The van der Waals surface area contributed by atoms with E-state index in [9.17, 15) is 9.59 Å². The van der Waals surface area contributed by atoms with Gasteiger partial charge in [-0.3, -0.25) is 0 Å². The van der Waals surface area contributed by atoms with Gasteiger partial charge in [0, 0.05) is 0 Å². The molecule has 7 heteroatoms. The normalized spacial score (nSPS) is 17.9. The number of rotatable bonds is 4. The topological polar surface area (TPSA) is 135 Å². The summed E-state index contributed by atoms with van der Waals surface area (Å²) in [5.74, 6) is -3.61. The van der Waals surface area contributed by atoms with Crippen LogP contribution in [0.5, 0.6) is 0 Å². The van der Waals surface area contributed by atoms with Crippen LogP contribution in [-0.4, -0.2) is 55.8 Å². The maximum atomic E-state index is 9.95. The SMILES string of the molecule is O=C(O)[C@@H](O)[C@H](O)[C@@H](O)C(=O)O. The highest BCUT2D eigenvalue weighted by Crippen LogP contribution is 2.00. The first-order chi connectivity index (χ1) is 5.37. The van der Waals surface area contributed by atoms with E-state index in [0.717, 1.165) is 0 Å². The summed E-state index contributed by atoms with van der Waals surface area (Å²) in [6, 6.07) is 0. The molecule has 70 valence electrons. The van der Waals surface area contributed by atoms with Crippen molar-refractivity contribution in [3.8, 4) is 0 Å². The third-order valence-electron chi connectivity index (χ3n) is 1.15. The average Bonchev–Trinajstić information content (AvgIpc) is 2.00. The van der Waals surface area contributed by atoms with Gasteiger partial charge >= 0.3 is 11.9 Å². The number of hydrogen-bond donors (Lipinski definition) is 5. The van der Waals surface area contributed by atoms with Crippen molar-refractivity contribution in [2.24, 2.45) is 0 Å². The summed E-state index contributed by atoms with van der Waals surface area (Å²) in [7, 11) is 0. The van der Waals surface area contributed by atoms with Gasteiger partial charge in [0.2, 0.25) is 0 Å². The lowest BCUT2D eigenvalue weighted by Gasteiger charge is -2.16. The van der Waals surface area contributed by atoms with Crippen LogP contribution in [0.1, 0.15) is 0 Å². The molecule has 0 unspecified atom stereocenters. The zero-order valence-corrected chi connectivity index (χ0v) is 5.78. The van der Waals surface area contributed by atoms with Crippen molar-refractivity contribution in [3.63, 3.8) is 0 Å². The Bertz CT molecular complexity index is 168. The number of aliphatic carboxylic acids is 2. The molecule has 0 aliphatic heterocycles. The van der Waals surface area contributed by atoms with Crippen LogP contribution in [0.25, 0.3) is 0 Å². The van der Waals surface area contributed by atoms with Crippen LogP contribution in [-0.2, 0) is 9.59 Å². The quantitative estimate of drug-likeness (QED) is 0.316. The maximum Gasteiger partial charge on any atom is 0.335 e. The van der Waals surface area contributed by atoms with E-state index in [-0.39, 0.29) is 0 Å². The van der Waals surface area contributed by atoms with E-state index in [0.29, 0.717) is 0 Å². The number of aliphatic hydroxyl groups is 3. The van der Waals surface area contributed by atoms with Gasteiger partial charge in [-0.1, -0.05) is 0 Å². The molecule has 0 heterocycles. The lowest BCUT2D eigenvalue weighted by molar-refractivity contribution is -0.167. The Kier molecular flexibility index (Phi) is 3.61. The Hall–Kier alpha value is -1.18. The molecule has 0 aliphatic rings. The van der Waals surface area contributed by atoms with Gasteiger partial charge in [0.15, 0.2) is 12.2 Å². The second-order valence-electron chi connectivity index (χ2n) is 2.06. The number of hydrogen-bond acceptors (Lipinski definition) is 5. The summed E-state index contributed by atoms with van der Waals surface area (Å²) in [4.78, 5) is 19.9. The molecule has 0 bridgehead atoms. The van der Waals surface area contributed by atoms with E-state index in [1.54, 1.807) is 0 Å². The Labute approximate surface area is 66.5 Å². The molecule has 0 radical (unpaired) electrons. The first-order valence-electron chi connectivity index (χ1n) is 2.87. The van der Waals surface area contributed by atoms with Crippen LogP contribution in [0.2, 0.25) is 0 Å². The molecular formula is C5H8O7. The molecule has 0 amide bonds. The predicted octanol–water partition coefficient (Wildman–Crippen LogP) is -2.76. The van der Waals surface area contributed by atoms with E-state index in [1.165, 1.54) is 0 Å². The molecule has 0 spiro atoms. The lowest BCUT2D eigenvalue weighted by atomic mass is 10.1. The van der Waals surface area contributed by atoms with E-state index in [1.807, 2.05) is 0 Å². The Balaban J connectivity index is 4.28. The molecular weight excluding hydrogens is 172 g/mol. The molecule has 0 fully saturated rings. The standard InChI is InChI=1S/C5H8O7/c6-1(2(7)4(9)10)3(8)5(11)12/h1-3,6-8H,(H,9,10)(H,11,12)/t1-,2-,3+. The summed E-state index contributed by atoms with van der Waals surface area (Å²) in [5, 5.41) is 41.9. The highest BCUT2D eigenvalue weighted by molar-refractivity contribution is 5.77. The monoisotopic (exact) mass is 180 g/mol. The van der Waals surface area contributed by atoms with Crippen LogP contribution < -0.4 is 0 Å². The predicted molar refractivity (Wildman–Crippen MR) is 33.3 cm³/mol. The molecule has 3 atom stereocenters. The maximum absolute atomic E-state index is 9.95. The Morgan fingerprint density at radius 1 is 0.833 bits per heavy atom. The molecule has 12 heavy (non-hydrogen) atoms. The number of carboxylic acid groups (broad SMARTS) is 2. The van der Waals surface area contributed by atoms with Crippen molar-refractivity contribution >= 4 is 11.9 Å². The fraction of sp³-hybridized carbons (Fsp3) is 0.600. The van der Waals surface area contributed by atoms with E-state index in [4.69, 9.17) is 25.5 Å². The van der Waals surface area contributed by atoms with Crippen LogP contribution in [0.3, 0.4) is 0 Å². The number of aliphatic hydroxyl groups excluding tert-OH is 3. The van der Waals surface area contributed by atoms with Crippen LogP contribution in [0, 0.1) is 0 Å². The molecule has 0 aliphatic carbocycles. The fourth-order valence-corrected chi connectivity index (χ4v) is 0.465. The third-order valence-corrected chi connectivity index (χ3v) is 1.15. The van der Waals surface area contributed by atoms with E-state index < -0.39 is 30.3 Å². The van der Waals surface area contributed by atoms with Gasteiger partial charge in [-0.2, -0.15) is 0 Å². The third kappa shape index (κ3) is 2.46. The summed E-state index contributed by atoms with van der Waals surface area (Å²) in [6.45, 7) is 0. The molecule has 0 saturated heterocycles. The minimum Gasteiger partial charge on any atom is -0.479 e. The van der Waals surface area contributed by atoms with Gasteiger partial charge in [0.1, 0.15) is 6.10 Å². The van der Waals surface area contributed by atoms with Crippen molar-refractivity contribution in [2.45, 2.75) is 18.3 Å². The van der Waals surface area contributed by atoms with Crippen LogP contribution in [0.4, 0.5) is 0 Å². The zero-order chi connectivity index (χ0) is 9.89. The van der Waals surface area contributed by atoms with Crippen molar-refractivity contribution in [2.75, 3.05) is 0 Å². The smallest absolute Gasteiger partial charge is 0.335 e. The van der Waals surface area contributed by atoms with E-state index in [2.05, 4.69) is 0 Å². The Morgan fingerprint density at radius 3 is 1.25 bits per heavy atom. The van der Waals surface area contributed by atoms with Crippen molar-refractivity contribution in [3.05, 3.63) is 0 Å². The Morgan fingerprint density at radius 2 is 1.08 bits per heavy atom. The molecule has 0 aromatic heterocycles. The van der Waals surface area contributed by atoms with Gasteiger partial charge in [-0.15, -0.1) is 0 Å². The van der Waals surface area contributed by atoms with Crippen molar-refractivity contribution < 1.29 is 35.1 Å². The van der Waals surface area contributed by atoms with Gasteiger partial charge in [0.25, 0.3) is 0 Å². The highest BCUT2D eigenvalue weighted by atomic mass is 16.4. The number of carbonyl (C=O) groups is 2. The molecule has 7 nitrogen and oxygen atoms in total. The molecule has 0 aromatic rings. The summed E-state index contributed by atoms with van der Waals surface area (Å²) in [6.07, 6.45) is -6.85. The number of carboxylic acids is 2. The summed E-state index contributed by atoms with van der Waals surface area (Å²) >= 11 is 0. The van der Waals surface area contributed by atoms with Crippen LogP contribution >= 0.6 is 0 Å². The second-order valence-corrected chi connectivity index (χ2v) is 2.06. The van der Waals surface area contributed by atoms with Gasteiger partial charge in [0.05, 0.1) is 0 Å². The zero-order valence-electron chi connectivity index (χ0n) is 5.78. The lowest BCUT2D eigenvalue weighted by Crippen LogP contribution is -2.45. The van der Waals surface area contributed by atoms with E-state index >= 15 is 0 Å². The fourth-order valence-electron chi connectivity index (χ4n) is 0.465. The summed E-state index contributed by atoms with van der Waals surface area (Å²) in [5.41, 5.74) is 0. The molecule has 0 rings (SSSR count). The first-order valence-corrected chi connectivity index (χ1v) is 2.87. The minimum atomic E-state index is -2.31. The molecule has 0 saturated carbocycles. The highest BCUT2D eigenvalue weighted by Gasteiger charge is 2.34. The van der Waals surface area contributed by atoms with Crippen molar-refractivity contribution in [1.29, 1.82) is 0 Å². The minimum absolute atomic E-state index is 1.80. The molecule has 5 N–H and O–H groups in total. The summed E-state index contributed by atoms with van der Waals surface area (Å²) < 4.78 is 0. The van der Waals surface area contributed by atoms with Gasteiger partial charge in [-0.25, -0.2) is 9.59 Å². The average molecular weight is 180 g/mol.